The molecule has 1 aromatic carbocycles. The molecule has 0 aliphatic heterocycles. The summed E-state index contributed by atoms with van der Waals surface area (Å²) in [4.78, 5) is 9.97. The van der Waals surface area contributed by atoms with Crippen LogP contribution in [0.4, 0.5) is 5.69 Å². The predicted octanol–water partition coefficient (Wildman–Crippen LogP) is 5.29. The van der Waals surface area contributed by atoms with E-state index in [4.69, 9.17) is 4.42 Å². The van der Waals surface area contributed by atoms with Gasteiger partial charge >= 0.3 is 0 Å². The van der Waals surface area contributed by atoms with Crippen LogP contribution in [0, 0.1) is 6.92 Å². The zero-order valence-corrected chi connectivity index (χ0v) is 14.7. The molecule has 0 aliphatic carbocycles. The molecular weight excluding hydrogens is 342 g/mol. The third kappa shape index (κ3) is 3.27. The molecule has 4 rings (SSSR count). The van der Waals surface area contributed by atoms with Gasteiger partial charge in [-0.3, -0.25) is 0 Å². The molecule has 0 unspecified atom stereocenters. The lowest BCUT2D eigenvalue weighted by Crippen LogP contribution is -1.98. The predicted molar refractivity (Wildman–Crippen MR) is 101 cm³/mol. The lowest BCUT2D eigenvalue weighted by molar-refractivity contribution is 0.619. The van der Waals surface area contributed by atoms with Gasteiger partial charge in [0.05, 0.1) is 0 Å². The van der Waals surface area contributed by atoms with Crippen molar-refractivity contribution in [1.29, 1.82) is 0 Å². The number of aryl methyl sites for hydroxylation is 1. The van der Waals surface area contributed by atoms with Crippen molar-refractivity contribution in [3.05, 3.63) is 64.5 Å². The van der Waals surface area contributed by atoms with E-state index >= 15 is 0 Å². The van der Waals surface area contributed by atoms with Gasteiger partial charge < -0.3 is 9.73 Å². The first-order valence-corrected chi connectivity index (χ1v) is 8.26. The second-order valence-corrected chi connectivity index (χ2v) is 6.30. The van der Waals surface area contributed by atoms with Crippen LogP contribution < -0.4 is 5.32 Å². The van der Waals surface area contributed by atoms with Gasteiger partial charge in [0.1, 0.15) is 0 Å². The summed E-state index contributed by atoms with van der Waals surface area (Å²) in [5.74, 6) is 0.597. The van der Waals surface area contributed by atoms with E-state index in [1.807, 2.05) is 36.4 Å². The summed E-state index contributed by atoms with van der Waals surface area (Å²) in [5, 5.41) is 5.56. The van der Waals surface area contributed by atoms with E-state index < -0.39 is 0 Å². The first-order chi connectivity index (χ1) is 11.3. The van der Waals surface area contributed by atoms with Crippen molar-refractivity contribution in [2.75, 3.05) is 5.32 Å². The van der Waals surface area contributed by atoms with Crippen LogP contribution >= 0.6 is 23.7 Å². The molecule has 0 atom stereocenters. The maximum absolute atomic E-state index is 5.74. The molecule has 1 N–H and O–H groups in total. The minimum absolute atomic E-state index is 0. The molecule has 0 aliphatic rings. The standard InChI is InChI=1S/C18H15N3OS.ClH/c1-12-8-10-23-16(12)11-20-14-6-4-13(5-7-14)18-21-17-15(22-18)3-2-9-19-17;/h2-10,20H,11H2,1H3;1H. The number of nitrogens with zero attached hydrogens (tertiary/aromatic N) is 2. The Hall–Kier alpha value is -2.37. The maximum atomic E-state index is 5.74. The second kappa shape index (κ2) is 7.03. The Bertz CT molecular complexity index is 913. The average Bonchev–Trinajstić information content (AvgIpc) is 3.19. The molecule has 0 saturated heterocycles. The minimum Gasteiger partial charge on any atom is -0.434 e. The number of fused-ring (bicyclic) bond motifs is 1. The van der Waals surface area contributed by atoms with Crippen LogP contribution in [0.2, 0.25) is 0 Å². The zero-order chi connectivity index (χ0) is 15.6. The number of oxazole rings is 1. The highest BCUT2D eigenvalue weighted by Crippen LogP contribution is 2.25. The van der Waals surface area contributed by atoms with Gasteiger partial charge in [0, 0.05) is 28.9 Å². The zero-order valence-electron chi connectivity index (χ0n) is 13.0. The fraction of sp³-hybridized carbons (Fsp3) is 0.111. The number of hydrogen-bond acceptors (Lipinski definition) is 5. The smallest absolute Gasteiger partial charge is 0.228 e. The number of pyridine rings is 1. The minimum atomic E-state index is 0. The number of anilines is 1. The van der Waals surface area contributed by atoms with Crippen molar-refractivity contribution in [2.24, 2.45) is 0 Å². The van der Waals surface area contributed by atoms with Crippen molar-refractivity contribution in [1.82, 2.24) is 9.97 Å². The van der Waals surface area contributed by atoms with Crippen molar-refractivity contribution < 1.29 is 4.42 Å². The molecule has 0 fully saturated rings. The Balaban J connectivity index is 0.00000169. The van der Waals surface area contributed by atoms with Crippen LogP contribution in [0.25, 0.3) is 22.7 Å². The molecule has 3 aromatic heterocycles. The van der Waals surface area contributed by atoms with Gasteiger partial charge in [0.25, 0.3) is 0 Å². The first kappa shape index (κ1) is 16.5. The van der Waals surface area contributed by atoms with Crippen LogP contribution in [0.3, 0.4) is 0 Å². The van der Waals surface area contributed by atoms with Crippen molar-refractivity contribution in [2.45, 2.75) is 13.5 Å². The van der Waals surface area contributed by atoms with Crippen LogP contribution in [0.15, 0.2) is 58.5 Å². The number of thiophene rings is 1. The number of aromatic nitrogens is 2. The highest BCUT2D eigenvalue weighted by Gasteiger charge is 2.08. The number of rotatable bonds is 4. The van der Waals surface area contributed by atoms with E-state index in [1.54, 1.807) is 17.5 Å². The summed E-state index contributed by atoms with van der Waals surface area (Å²) in [7, 11) is 0. The average molecular weight is 358 g/mol. The Labute approximate surface area is 150 Å². The molecule has 0 saturated carbocycles. The summed E-state index contributed by atoms with van der Waals surface area (Å²) >= 11 is 1.78. The van der Waals surface area contributed by atoms with Crippen molar-refractivity contribution in [3.8, 4) is 11.5 Å². The normalized spacial score (nSPS) is 10.5. The number of nitrogens with one attached hydrogen (secondary N) is 1. The van der Waals surface area contributed by atoms with E-state index in [2.05, 4.69) is 33.7 Å². The van der Waals surface area contributed by atoms with E-state index in [0.717, 1.165) is 17.8 Å². The van der Waals surface area contributed by atoms with E-state index in [9.17, 15) is 0 Å². The van der Waals surface area contributed by atoms with E-state index in [1.165, 1.54) is 10.4 Å². The maximum Gasteiger partial charge on any atom is 0.228 e. The lowest BCUT2D eigenvalue weighted by Gasteiger charge is -2.06. The van der Waals surface area contributed by atoms with Crippen LogP contribution in [0.1, 0.15) is 10.4 Å². The Morgan fingerprint density at radius 1 is 1.12 bits per heavy atom. The van der Waals surface area contributed by atoms with Gasteiger partial charge in [0.2, 0.25) is 5.89 Å². The summed E-state index contributed by atoms with van der Waals surface area (Å²) in [6, 6.07) is 14.0. The van der Waals surface area contributed by atoms with Gasteiger partial charge in [-0.15, -0.1) is 23.7 Å². The molecular formula is C18H16ClN3OS. The van der Waals surface area contributed by atoms with Crippen molar-refractivity contribution >= 4 is 40.7 Å². The third-order valence-corrected chi connectivity index (χ3v) is 4.74. The molecule has 4 nitrogen and oxygen atoms in total. The van der Waals surface area contributed by atoms with Crippen LogP contribution in [-0.4, -0.2) is 9.97 Å². The number of benzene rings is 1. The fourth-order valence-electron chi connectivity index (χ4n) is 2.39. The molecule has 0 radical (unpaired) electrons. The lowest BCUT2D eigenvalue weighted by atomic mass is 10.2. The van der Waals surface area contributed by atoms with Gasteiger partial charge in [-0.25, -0.2) is 4.98 Å². The van der Waals surface area contributed by atoms with Gasteiger partial charge in [-0.05, 0) is 60.3 Å². The monoisotopic (exact) mass is 357 g/mol. The molecule has 3 heterocycles. The highest BCUT2D eigenvalue weighted by molar-refractivity contribution is 7.10. The fourth-order valence-corrected chi connectivity index (χ4v) is 3.24. The van der Waals surface area contributed by atoms with Gasteiger partial charge in [-0.2, -0.15) is 4.98 Å². The molecule has 122 valence electrons. The Morgan fingerprint density at radius 2 is 1.96 bits per heavy atom. The van der Waals surface area contributed by atoms with E-state index in [-0.39, 0.29) is 12.4 Å². The third-order valence-electron chi connectivity index (χ3n) is 3.72. The largest absolute Gasteiger partial charge is 0.434 e. The molecule has 0 bridgehead atoms. The van der Waals surface area contributed by atoms with Crippen LogP contribution in [-0.2, 0) is 6.54 Å². The van der Waals surface area contributed by atoms with E-state index in [0.29, 0.717) is 17.1 Å². The van der Waals surface area contributed by atoms with Crippen LogP contribution in [0.5, 0.6) is 0 Å². The number of halogens is 1. The molecule has 6 heteroatoms. The topological polar surface area (TPSA) is 51.0 Å². The summed E-state index contributed by atoms with van der Waals surface area (Å²) in [6.07, 6.45) is 1.72. The summed E-state index contributed by atoms with van der Waals surface area (Å²) in [5.41, 5.74) is 4.70. The molecule has 24 heavy (non-hydrogen) atoms. The van der Waals surface area contributed by atoms with Crippen molar-refractivity contribution in [3.63, 3.8) is 0 Å². The second-order valence-electron chi connectivity index (χ2n) is 5.30. The quantitative estimate of drug-likeness (QED) is 0.539. The molecule has 0 amide bonds. The Kier molecular flexibility index (Phi) is 4.83. The summed E-state index contributed by atoms with van der Waals surface area (Å²) in [6.45, 7) is 2.98. The Morgan fingerprint density at radius 3 is 2.67 bits per heavy atom. The molecule has 0 spiro atoms. The van der Waals surface area contributed by atoms with Gasteiger partial charge in [-0.1, -0.05) is 0 Å². The van der Waals surface area contributed by atoms with Gasteiger partial charge in [0.15, 0.2) is 11.2 Å². The highest BCUT2D eigenvalue weighted by atomic mass is 35.5. The summed E-state index contributed by atoms with van der Waals surface area (Å²) < 4.78 is 5.74. The molecule has 4 aromatic rings. The first-order valence-electron chi connectivity index (χ1n) is 7.38. The SMILES string of the molecule is Cc1ccsc1CNc1ccc(-c2nc3ncccc3o2)cc1.Cl. The number of hydrogen-bond donors (Lipinski definition) is 1.